The number of aromatic nitrogens is 3. The number of pyridine rings is 1. The Bertz CT molecular complexity index is 1070. The van der Waals surface area contributed by atoms with Crippen molar-refractivity contribution in [1.29, 1.82) is 0 Å². The van der Waals surface area contributed by atoms with Gasteiger partial charge in [0.1, 0.15) is 0 Å². The van der Waals surface area contributed by atoms with Gasteiger partial charge >= 0.3 is 0 Å². The summed E-state index contributed by atoms with van der Waals surface area (Å²) >= 11 is 1.41. The summed E-state index contributed by atoms with van der Waals surface area (Å²) in [5.41, 5.74) is 1.73. The average molecular weight is 362 g/mol. The zero-order chi connectivity index (χ0) is 17.9. The molecule has 4 rings (SSSR count). The van der Waals surface area contributed by atoms with Crippen LogP contribution in [0.1, 0.15) is 6.92 Å². The lowest BCUT2D eigenvalue weighted by atomic mass is 10.1. The van der Waals surface area contributed by atoms with Gasteiger partial charge in [-0.2, -0.15) is 0 Å². The lowest BCUT2D eigenvalue weighted by Gasteiger charge is -2.22. The summed E-state index contributed by atoms with van der Waals surface area (Å²) in [6.45, 7) is 2.62. The van der Waals surface area contributed by atoms with Crippen molar-refractivity contribution in [2.75, 3.05) is 17.2 Å². The van der Waals surface area contributed by atoms with E-state index in [-0.39, 0.29) is 5.91 Å². The highest BCUT2D eigenvalue weighted by atomic mass is 32.2. The van der Waals surface area contributed by atoms with Crippen LogP contribution in [0.2, 0.25) is 0 Å². The molecule has 0 atom stereocenters. The third-order valence-corrected chi connectivity index (χ3v) is 5.21. The summed E-state index contributed by atoms with van der Waals surface area (Å²) in [6.07, 6.45) is 1.91. The zero-order valence-electron chi connectivity index (χ0n) is 14.4. The highest BCUT2D eigenvalue weighted by molar-refractivity contribution is 7.99. The van der Waals surface area contributed by atoms with E-state index >= 15 is 0 Å². The molecule has 0 saturated carbocycles. The fraction of sp³-hybridized carbons (Fsp3) is 0.150. The van der Waals surface area contributed by atoms with Crippen molar-refractivity contribution in [2.24, 2.45) is 0 Å². The molecular formula is C20H18N4OS. The number of amides is 1. The van der Waals surface area contributed by atoms with Gasteiger partial charge in [0.15, 0.2) is 10.8 Å². The van der Waals surface area contributed by atoms with Crippen molar-refractivity contribution in [1.82, 2.24) is 14.6 Å². The number of benzene rings is 2. The smallest absolute Gasteiger partial charge is 0.237 e. The van der Waals surface area contributed by atoms with E-state index in [1.165, 1.54) is 11.8 Å². The molecule has 2 aromatic heterocycles. The van der Waals surface area contributed by atoms with E-state index in [9.17, 15) is 4.79 Å². The fourth-order valence-corrected chi connectivity index (χ4v) is 3.85. The van der Waals surface area contributed by atoms with Crippen LogP contribution in [0.3, 0.4) is 0 Å². The fourth-order valence-electron chi connectivity index (χ4n) is 3.05. The van der Waals surface area contributed by atoms with Crippen LogP contribution in [0.4, 0.5) is 5.69 Å². The van der Waals surface area contributed by atoms with E-state index in [1.807, 2.05) is 64.9 Å². The van der Waals surface area contributed by atoms with E-state index in [0.29, 0.717) is 12.3 Å². The third-order valence-electron chi connectivity index (χ3n) is 4.28. The Morgan fingerprint density at radius 3 is 2.73 bits per heavy atom. The number of anilines is 1. The number of hydrogen-bond acceptors (Lipinski definition) is 4. The Kier molecular flexibility index (Phi) is 4.58. The number of thioether (sulfide) groups is 1. The predicted molar refractivity (Wildman–Crippen MR) is 106 cm³/mol. The SMILES string of the molecule is CCN(C(=O)CSc1nnc2ccccn12)c1cccc2ccccc12. The lowest BCUT2D eigenvalue weighted by Crippen LogP contribution is -2.32. The predicted octanol–water partition coefficient (Wildman–Crippen LogP) is 4.03. The molecule has 6 heteroatoms. The Morgan fingerprint density at radius 2 is 1.85 bits per heavy atom. The molecule has 1 amide bonds. The van der Waals surface area contributed by atoms with Gasteiger partial charge < -0.3 is 4.90 Å². The summed E-state index contributed by atoms with van der Waals surface area (Å²) in [6, 6.07) is 19.9. The van der Waals surface area contributed by atoms with Crippen molar-refractivity contribution in [2.45, 2.75) is 12.1 Å². The third kappa shape index (κ3) is 3.04. The monoisotopic (exact) mass is 362 g/mol. The molecule has 5 nitrogen and oxygen atoms in total. The lowest BCUT2D eigenvalue weighted by molar-refractivity contribution is -0.116. The van der Waals surface area contributed by atoms with Crippen LogP contribution in [0, 0.1) is 0 Å². The molecule has 0 unspecified atom stereocenters. The second kappa shape index (κ2) is 7.17. The molecule has 0 aliphatic rings. The molecule has 0 radical (unpaired) electrons. The van der Waals surface area contributed by atoms with Gasteiger partial charge in [0.05, 0.1) is 11.4 Å². The highest BCUT2D eigenvalue weighted by Gasteiger charge is 2.17. The summed E-state index contributed by atoms with van der Waals surface area (Å²) < 4.78 is 1.89. The van der Waals surface area contributed by atoms with Crippen molar-refractivity contribution < 1.29 is 4.79 Å². The molecule has 0 aliphatic heterocycles. The summed E-state index contributed by atoms with van der Waals surface area (Å²) in [4.78, 5) is 14.7. The van der Waals surface area contributed by atoms with Crippen LogP contribution in [0.25, 0.3) is 16.4 Å². The maximum absolute atomic E-state index is 12.9. The first-order valence-corrected chi connectivity index (χ1v) is 9.47. The van der Waals surface area contributed by atoms with Gasteiger partial charge in [0, 0.05) is 18.1 Å². The van der Waals surface area contributed by atoms with Gasteiger partial charge in [-0.25, -0.2) is 0 Å². The van der Waals surface area contributed by atoms with Gasteiger partial charge in [-0.05, 0) is 30.5 Å². The first kappa shape index (κ1) is 16.6. The van der Waals surface area contributed by atoms with Crippen LogP contribution >= 0.6 is 11.8 Å². The largest absolute Gasteiger partial charge is 0.311 e. The zero-order valence-corrected chi connectivity index (χ0v) is 15.2. The van der Waals surface area contributed by atoms with E-state index in [2.05, 4.69) is 28.4 Å². The minimum absolute atomic E-state index is 0.0570. The minimum Gasteiger partial charge on any atom is -0.311 e. The van der Waals surface area contributed by atoms with Gasteiger partial charge in [0.25, 0.3) is 0 Å². The molecule has 2 aromatic carbocycles. The van der Waals surface area contributed by atoms with E-state index < -0.39 is 0 Å². The molecule has 0 saturated heterocycles. The number of nitrogens with zero attached hydrogens (tertiary/aromatic N) is 4. The van der Waals surface area contributed by atoms with E-state index in [0.717, 1.165) is 27.3 Å². The van der Waals surface area contributed by atoms with Crippen molar-refractivity contribution in [3.63, 3.8) is 0 Å². The Labute approximate surface area is 155 Å². The Hall–Kier alpha value is -2.86. The van der Waals surface area contributed by atoms with E-state index in [4.69, 9.17) is 0 Å². The summed E-state index contributed by atoms with van der Waals surface area (Å²) in [7, 11) is 0. The van der Waals surface area contributed by atoms with Crippen LogP contribution in [-0.2, 0) is 4.79 Å². The molecule has 0 aliphatic carbocycles. The summed E-state index contributed by atoms with van der Waals surface area (Å²) in [5, 5.41) is 11.3. The minimum atomic E-state index is 0.0570. The number of carbonyl (C=O) groups is 1. The molecule has 26 heavy (non-hydrogen) atoms. The topological polar surface area (TPSA) is 50.5 Å². The first-order chi connectivity index (χ1) is 12.8. The van der Waals surface area contributed by atoms with Crippen LogP contribution in [0.5, 0.6) is 0 Å². The second-order valence-electron chi connectivity index (χ2n) is 5.84. The number of carbonyl (C=O) groups excluding carboxylic acids is 1. The highest BCUT2D eigenvalue weighted by Crippen LogP contribution is 2.27. The molecule has 0 N–H and O–H groups in total. The normalized spacial score (nSPS) is 11.1. The van der Waals surface area contributed by atoms with Gasteiger partial charge in [-0.3, -0.25) is 9.20 Å². The van der Waals surface area contributed by atoms with Crippen molar-refractivity contribution in [3.8, 4) is 0 Å². The van der Waals surface area contributed by atoms with Gasteiger partial charge in [-0.15, -0.1) is 10.2 Å². The van der Waals surface area contributed by atoms with Crippen molar-refractivity contribution >= 4 is 39.8 Å². The Balaban J connectivity index is 1.57. The maximum Gasteiger partial charge on any atom is 0.237 e. The Morgan fingerprint density at radius 1 is 1.04 bits per heavy atom. The molecule has 130 valence electrons. The molecule has 0 fully saturated rings. The first-order valence-electron chi connectivity index (χ1n) is 8.48. The molecular weight excluding hydrogens is 344 g/mol. The van der Waals surface area contributed by atoms with Crippen LogP contribution < -0.4 is 4.90 Å². The maximum atomic E-state index is 12.9. The second-order valence-corrected chi connectivity index (χ2v) is 6.78. The molecule has 0 bridgehead atoms. The quantitative estimate of drug-likeness (QED) is 0.503. The molecule has 4 aromatic rings. The number of hydrogen-bond donors (Lipinski definition) is 0. The van der Waals surface area contributed by atoms with Crippen LogP contribution in [-0.4, -0.2) is 32.8 Å². The van der Waals surface area contributed by atoms with Gasteiger partial charge in [-0.1, -0.05) is 54.2 Å². The number of fused-ring (bicyclic) bond motifs is 2. The summed E-state index contributed by atoms with van der Waals surface area (Å²) in [5.74, 6) is 0.369. The van der Waals surface area contributed by atoms with Gasteiger partial charge in [0.2, 0.25) is 5.91 Å². The molecule has 0 spiro atoms. The average Bonchev–Trinajstić information content (AvgIpc) is 3.10. The standard InChI is InChI=1S/C20H18N4OS/c1-2-23(17-11-7-9-15-8-3-4-10-16(15)17)19(25)14-26-20-22-21-18-12-5-6-13-24(18)20/h3-13H,2,14H2,1H3. The van der Waals surface area contributed by atoms with E-state index in [1.54, 1.807) is 0 Å². The molecule has 2 heterocycles. The van der Waals surface area contributed by atoms with Crippen molar-refractivity contribution in [3.05, 3.63) is 66.9 Å². The van der Waals surface area contributed by atoms with Crippen LogP contribution in [0.15, 0.2) is 72.0 Å². The number of rotatable bonds is 5.